The highest BCUT2D eigenvalue weighted by Gasteiger charge is 2.38. The minimum atomic E-state index is -1.19. The van der Waals surface area contributed by atoms with Crippen LogP contribution in [0.4, 0.5) is 0 Å². The van der Waals surface area contributed by atoms with Crippen LogP contribution in [0.5, 0.6) is 5.75 Å². The molecule has 240 valence electrons. The molecule has 0 aromatic heterocycles. The summed E-state index contributed by atoms with van der Waals surface area (Å²) in [5, 5.41) is 14.3. The number of hydrogen-bond acceptors (Lipinski definition) is 6. The van der Waals surface area contributed by atoms with Gasteiger partial charge in [-0.3, -0.25) is 14.4 Å². The van der Waals surface area contributed by atoms with Crippen molar-refractivity contribution in [2.75, 3.05) is 12.3 Å². The summed E-state index contributed by atoms with van der Waals surface area (Å²) in [5.74, 6) is -1.41. The number of benzene rings is 4. The van der Waals surface area contributed by atoms with E-state index in [1.165, 1.54) is 0 Å². The van der Waals surface area contributed by atoms with Gasteiger partial charge < -0.3 is 26.2 Å². The molecule has 0 aliphatic carbocycles. The first kappa shape index (κ1) is 34.3. The number of ether oxygens (including phenoxy) is 1. The molecule has 4 aromatic rings. The van der Waals surface area contributed by atoms with Crippen LogP contribution in [0.15, 0.2) is 115 Å². The second-order valence-electron chi connectivity index (χ2n) is 11.9. The fourth-order valence-electron chi connectivity index (χ4n) is 5.12. The van der Waals surface area contributed by atoms with Gasteiger partial charge in [0, 0.05) is 12.2 Å². The summed E-state index contributed by atoms with van der Waals surface area (Å²) in [6.45, 7) is 5.28. The highest BCUT2D eigenvalue weighted by Crippen LogP contribution is 2.48. The largest absolute Gasteiger partial charge is 0.488 e. The third-order valence-electron chi connectivity index (χ3n) is 7.19. The molecule has 0 saturated heterocycles. The maximum Gasteiger partial charge on any atom is 0.322 e. The minimum absolute atomic E-state index is 0.134. The lowest BCUT2D eigenvalue weighted by Gasteiger charge is -2.36. The van der Waals surface area contributed by atoms with E-state index in [9.17, 15) is 14.4 Å². The Labute approximate surface area is 274 Å². The van der Waals surface area contributed by atoms with Gasteiger partial charge in [-0.05, 0) is 55.2 Å². The number of carbonyl (C=O) groups excluding carboxylic acids is 2. The van der Waals surface area contributed by atoms with E-state index in [0.29, 0.717) is 5.75 Å². The third kappa shape index (κ3) is 9.22. The maximum atomic E-state index is 13.6. The molecule has 5 N–H and O–H groups in total. The van der Waals surface area contributed by atoms with E-state index in [0.717, 1.165) is 22.3 Å². The molecule has 9 heteroatoms. The smallest absolute Gasteiger partial charge is 0.322 e. The van der Waals surface area contributed by atoms with Crippen LogP contribution in [0.25, 0.3) is 0 Å². The SMILES string of the molecule is CC(C)(C)Oc1ccc(C[C@H](NC(=O)[C@@H](N)CSC(c2ccccc2)(c2ccccc2)c2ccccc2)C(=O)NCC(=O)O)cc1. The first-order valence-electron chi connectivity index (χ1n) is 15.1. The number of hydrogen-bond donors (Lipinski definition) is 4. The summed E-state index contributed by atoms with van der Waals surface area (Å²) in [5.41, 5.74) is 10.0. The summed E-state index contributed by atoms with van der Waals surface area (Å²) in [6.07, 6.45) is 0.134. The van der Waals surface area contributed by atoms with E-state index >= 15 is 0 Å². The summed E-state index contributed by atoms with van der Waals surface area (Å²) in [6, 6.07) is 35.5. The normalized spacial score (nSPS) is 12.9. The lowest BCUT2D eigenvalue weighted by Crippen LogP contribution is -2.53. The Hall–Kier alpha value is -4.60. The van der Waals surface area contributed by atoms with Gasteiger partial charge in [-0.1, -0.05) is 103 Å². The fourth-order valence-corrected chi connectivity index (χ4v) is 6.61. The Bertz CT molecular complexity index is 1480. The average Bonchev–Trinajstić information content (AvgIpc) is 3.05. The number of carboxylic acids is 1. The summed E-state index contributed by atoms with van der Waals surface area (Å²) in [4.78, 5) is 37.8. The van der Waals surface area contributed by atoms with Crippen LogP contribution >= 0.6 is 11.8 Å². The van der Waals surface area contributed by atoms with E-state index in [1.807, 2.05) is 87.5 Å². The Kier molecular flexibility index (Phi) is 11.6. The molecule has 0 radical (unpaired) electrons. The van der Waals surface area contributed by atoms with E-state index in [-0.39, 0.29) is 17.8 Å². The Morgan fingerprint density at radius 2 is 1.24 bits per heavy atom. The molecule has 8 nitrogen and oxygen atoms in total. The van der Waals surface area contributed by atoms with Crippen molar-refractivity contribution in [3.8, 4) is 5.75 Å². The van der Waals surface area contributed by atoms with Crippen LogP contribution in [0, 0.1) is 0 Å². The molecule has 0 fully saturated rings. The van der Waals surface area contributed by atoms with Gasteiger partial charge in [0.05, 0.1) is 10.8 Å². The lowest BCUT2D eigenvalue weighted by molar-refractivity contribution is -0.138. The van der Waals surface area contributed by atoms with E-state index in [4.69, 9.17) is 15.6 Å². The monoisotopic (exact) mass is 639 g/mol. The van der Waals surface area contributed by atoms with Crippen molar-refractivity contribution >= 4 is 29.5 Å². The fraction of sp³-hybridized carbons (Fsp3) is 0.270. The van der Waals surface area contributed by atoms with Gasteiger partial charge >= 0.3 is 5.97 Å². The molecule has 46 heavy (non-hydrogen) atoms. The van der Waals surface area contributed by atoms with Crippen molar-refractivity contribution in [3.05, 3.63) is 138 Å². The number of rotatable bonds is 14. The van der Waals surface area contributed by atoms with Crippen molar-refractivity contribution in [1.82, 2.24) is 10.6 Å². The zero-order chi connectivity index (χ0) is 33.2. The van der Waals surface area contributed by atoms with Gasteiger partial charge in [-0.2, -0.15) is 0 Å². The van der Waals surface area contributed by atoms with E-state index in [2.05, 4.69) is 47.0 Å². The second-order valence-corrected chi connectivity index (χ2v) is 13.2. The highest BCUT2D eigenvalue weighted by atomic mass is 32.2. The Morgan fingerprint density at radius 3 is 1.67 bits per heavy atom. The van der Waals surface area contributed by atoms with Crippen LogP contribution in [0.1, 0.15) is 43.0 Å². The van der Waals surface area contributed by atoms with Crippen LogP contribution in [-0.2, 0) is 25.6 Å². The molecular weight excluding hydrogens is 598 g/mol. The molecular formula is C37H41N3O5S. The third-order valence-corrected chi connectivity index (χ3v) is 8.86. The maximum absolute atomic E-state index is 13.6. The number of carboxylic acid groups (broad SMARTS) is 1. The standard InChI is InChI=1S/C37H41N3O5S/c1-36(2,3)45-30-21-19-26(20-22-30)23-32(35(44)39-24-33(41)42)40-34(43)31(38)25-46-37(27-13-7-4-8-14-27,28-15-9-5-10-16-28)29-17-11-6-12-18-29/h4-22,31-32H,23-25,38H2,1-3H3,(H,39,44)(H,40,43)(H,41,42)/t31-,32-/m0/s1. The summed E-state index contributed by atoms with van der Waals surface area (Å²) in [7, 11) is 0. The first-order valence-corrected chi connectivity index (χ1v) is 16.1. The van der Waals surface area contributed by atoms with Crippen molar-refractivity contribution in [2.45, 2.75) is 49.6 Å². The Balaban J connectivity index is 1.57. The van der Waals surface area contributed by atoms with Gasteiger partial charge in [-0.15, -0.1) is 11.8 Å². The van der Waals surface area contributed by atoms with Gasteiger partial charge in [0.25, 0.3) is 0 Å². The number of aliphatic carboxylic acids is 1. The van der Waals surface area contributed by atoms with Crippen LogP contribution in [0.3, 0.4) is 0 Å². The molecule has 0 unspecified atom stereocenters. The Morgan fingerprint density at radius 1 is 0.761 bits per heavy atom. The number of amides is 2. The van der Waals surface area contributed by atoms with Crippen molar-refractivity contribution in [2.24, 2.45) is 5.73 Å². The minimum Gasteiger partial charge on any atom is -0.488 e. The molecule has 0 aliphatic heterocycles. The van der Waals surface area contributed by atoms with Gasteiger partial charge in [-0.25, -0.2) is 0 Å². The summed E-state index contributed by atoms with van der Waals surface area (Å²) < 4.78 is 5.22. The molecule has 2 atom stereocenters. The van der Waals surface area contributed by atoms with Gasteiger partial charge in [0.1, 0.15) is 23.9 Å². The zero-order valence-corrected chi connectivity index (χ0v) is 27.1. The van der Waals surface area contributed by atoms with Crippen LogP contribution in [-0.4, -0.2) is 52.9 Å². The average molecular weight is 640 g/mol. The number of nitrogens with one attached hydrogen (secondary N) is 2. The molecule has 4 rings (SSSR count). The van der Waals surface area contributed by atoms with Crippen LogP contribution in [0.2, 0.25) is 0 Å². The van der Waals surface area contributed by atoms with Gasteiger partial charge in [0.2, 0.25) is 11.8 Å². The molecule has 4 aromatic carbocycles. The molecule has 0 heterocycles. The quantitative estimate of drug-likeness (QED) is 0.141. The number of thioether (sulfide) groups is 1. The molecule has 0 aliphatic rings. The zero-order valence-electron chi connectivity index (χ0n) is 26.3. The predicted octanol–water partition coefficient (Wildman–Crippen LogP) is 5.14. The van der Waals surface area contributed by atoms with E-state index in [1.54, 1.807) is 23.9 Å². The predicted molar refractivity (Wildman–Crippen MR) is 183 cm³/mol. The first-order chi connectivity index (χ1) is 22.0. The van der Waals surface area contributed by atoms with E-state index < -0.39 is 41.2 Å². The molecule has 0 saturated carbocycles. The molecule has 2 amide bonds. The van der Waals surface area contributed by atoms with Crippen molar-refractivity contribution in [3.63, 3.8) is 0 Å². The summed E-state index contributed by atoms with van der Waals surface area (Å²) >= 11 is 1.55. The number of carbonyl (C=O) groups is 3. The second kappa shape index (κ2) is 15.6. The highest BCUT2D eigenvalue weighted by molar-refractivity contribution is 8.00. The molecule has 0 spiro atoms. The van der Waals surface area contributed by atoms with Crippen molar-refractivity contribution in [1.29, 1.82) is 0 Å². The topological polar surface area (TPSA) is 131 Å². The van der Waals surface area contributed by atoms with Crippen molar-refractivity contribution < 1.29 is 24.2 Å². The number of nitrogens with two attached hydrogens (primary N) is 1. The molecule has 0 bridgehead atoms. The lowest BCUT2D eigenvalue weighted by atomic mass is 9.84. The van der Waals surface area contributed by atoms with Crippen LogP contribution < -0.4 is 21.1 Å². The van der Waals surface area contributed by atoms with Gasteiger partial charge in [0.15, 0.2) is 0 Å².